The molecule has 0 amide bonds. The van der Waals surface area contributed by atoms with Crippen LogP contribution in [0, 0.1) is 0 Å². The topological polar surface area (TPSA) is 47.3 Å². The van der Waals surface area contributed by atoms with E-state index in [0.29, 0.717) is 0 Å². The van der Waals surface area contributed by atoms with Crippen LogP contribution in [0.2, 0.25) is 12.1 Å². The van der Waals surface area contributed by atoms with E-state index in [9.17, 15) is 0 Å². The Bertz CT molecular complexity index is 115. The van der Waals surface area contributed by atoms with Gasteiger partial charge in [-0.3, -0.25) is 0 Å². The molecular weight excluding hydrogens is 228 g/mol. The highest BCUT2D eigenvalue weighted by Crippen LogP contribution is 2.14. The lowest BCUT2D eigenvalue weighted by Gasteiger charge is -2.19. The lowest BCUT2D eigenvalue weighted by atomic mass is 10.4. The third kappa shape index (κ3) is 18.6. The van der Waals surface area contributed by atoms with E-state index in [4.69, 9.17) is 10.2 Å². The van der Waals surface area contributed by atoms with Crippen LogP contribution in [0.15, 0.2) is 0 Å². The Kier molecular flexibility index (Phi) is 21.1. The first-order valence-electron chi connectivity index (χ1n) is 7.28. The van der Waals surface area contributed by atoms with E-state index in [-0.39, 0.29) is 0 Å². The summed E-state index contributed by atoms with van der Waals surface area (Å²) >= 11 is 0. The molecule has 0 spiro atoms. The predicted molar refractivity (Wildman–Crippen MR) is 81.2 cm³/mol. The summed E-state index contributed by atoms with van der Waals surface area (Å²) in [7, 11) is -0.626. The van der Waals surface area contributed by atoms with E-state index in [0.717, 1.165) is 26.2 Å². The minimum atomic E-state index is -0.626. The monoisotopic (exact) mass is 262 g/mol. The average Bonchev–Trinajstić information content (AvgIpc) is 2.34. The van der Waals surface area contributed by atoms with Crippen molar-refractivity contribution in [3.05, 3.63) is 0 Å². The second kappa shape index (κ2) is 18.5. The van der Waals surface area contributed by atoms with Gasteiger partial charge in [-0.2, -0.15) is 0 Å². The molecule has 0 aromatic heterocycles. The molecule has 1 aliphatic rings. The molecule has 0 aromatic rings. The van der Waals surface area contributed by atoms with Crippen molar-refractivity contribution in [1.29, 1.82) is 0 Å². The molecule has 3 nitrogen and oxygen atoms in total. The summed E-state index contributed by atoms with van der Waals surface area (Å²) < 4.78 is 5.66. The zero-order chi connectivity index (χ0) is 13.4. The van der Waals surface area contributed by atoms with E-state index in [1.54, 1.807) is 0 Å². The summed E-state index contributed by atoms with van der Waals surface area (Å²) in [4.78, 5) is 0. The Balaban J connectivity index is 0. The smallest absolute Gasteiger partial charge is 0.176 e. The van der Waals surface area contributed by atoms with Gasteiger partial charge in [0.05, 0.1) is 0 Å². The van der Waals surface area contributed by atoms with Crippen LogP contribution >= 0.6 is 0 Å². The molecule has 3 N–H and O–H groups in total. The molecule has 4 heteroatoms. The molecule has 1 saturated heterocycles. The van der Waals surface area contributed by atoms with Gasteiger partial charge in [-0.05, 0) is 38.1 Å². The van der Waals surface area contributed by atoms with Gasteiger partial charge in [0.2, 0.25) is 0 Å². The highest BCUT2D eigenvalue weighted by molar-refractivity contribution is 6.51. The van der Waals surface area contributed by atoms with Gasteiger partial charge in [0.15, 0.2) is 9.04 Å². The highest BCUT2D eigenvalue weighted by atomic mass is 28.3. The number of hydrogen-bond donors (Lipinski definition) is 2. The van der Waals surface area contributed by atoms with E-state index in [1.807, 2.05) is 6.92 Å². The summed E-state index contributed by atoms with van der Waals surface area (Å²) in [5, 5.41) is 3.11. The molecule has 0 bridgehead atoms. The van der Waals surface area contributed by atoms with Crippen molar-refractivity contribution in [3.63, 3.8) is 0 Å². The largest absolute Gasteiger partial charge is 0.420 e. The minimum absolute atomic E-state index is 0.626. The first-order chi connectivity index (χ1) is 8.26. The Hall–Kier alpha value is 0.0969. The van der Waals surface area contributed by atoms with Gasteiger partial charge in [-0.1, -0.05) is 40.5 Å². The summed E-state index contributed by atoms with van der Waals surface area (Å²) in [5.74, 6) is 0. The Morgan fingerprint density at radius 3 is 2.00 bits per heavy atom. The first kappa shape index (κ1) is 19.4. The number of rotatable bonds is 4. The lowest BCUT2D eigenvalue weighted by Crippen LogP contribution is -2.22. The Morgan fingerprint density at radius 2 is 1.71 bits per heavy atom. The summed E-state index contributed by atoms with van der Waals surface area (Å²) in [5.41, 5.74) is 4.85. The lowest BCUT2D eigenvalue weighted by molar-refractivity contribution is 0.286. The second-order valence-corrected chi connectivity index (χ2v) is 6.87. The molecule has 1 heterocycles. The Labute approximate surface area is 110 Å². The van der Waals surface area contributed by atoms with Crippen LogP contribution in [0.4, 0.5) is 0 Å². The quantitative estimate of drug-likeness (QED) is 0.765. The van der Waals surface area contributed by atoms with Crippen LogP contribution in [0.3, 0.4) is 0 Å². The standard InChI is InChI=1S/C7H16OSi.C4H11N.C2H7N/c1-2-6-9-7-4-3-5-8-9;1-3-5-4-2;1-2-3/h9H,2-7H2,1H3;5H,3-4H2,1-2H3;2-3H2,1H3. The molecular formula is C13H34N2OSi. The molecule has 1 aliphatic heterocycles. The highest BCUT2D eigenvalue weighted by Gasteiger charge is 2.13. The maximum atomic E-state index is 5.66. The van der Waals surface area contributed by atoms with Crippen molar-refractivity contribution in [2.45, 2.75) is 59.0 Å². The third-order valence-electron chi connectivity index (χ3n) is 2.38. The van der Waals surface area contributed by atoms with Crippen molar-refractivity contribution in [2.24, 2.45) is 5.73 Å². The first-order valence-corrected chi connectivity index (χ1v) is 9.39. The van der Waals surface area contributed by atoms with Crippen LogP contribution in [0.25, 0.3) is 0 Å². The van der Waals surface area contributed by atoms with Crippen molar-refractivity contribution >= 4 is 9.04 Å². The SMILES string of the molecule is CCC[SiH]1CCCCO1.CCN.CCNCC. The predicted octanol–water partition coefficient (Wildman–Crippen LogP) is 2.51. The van der Waals surface area contributed by atoms with Crippen LogP contribution in [0.1, 0.15) is 47.0 Å². The molecule has 1 fully saturated rings. The van der Waals surface area contributed by atoms with Gasteiger partial charge in [0.25, 0.3) is 0 Å². The van der Waals surface area contributed by atoms with E-state index in [2.05, 4.69) is 26.1 Å². The zero-order valence-electron chi connectivity index (χ0n) is 12.4. The van der Waals surface area contributed by atoms with Gasteiger partial charge in [0.1, 0.15) is 0 Å². The average molecular weight is 263 g/mol. The molecule has 0 aromatic carbocycles. The molecule has 1 unspecified atom stereocenters. The van der Waals surface area contributed by atoms with Crippen molar-refractivity contribution in [3.8, 4) is 0 Å². The minimum Gasteiger partial charge on any atom is -0.420 e. The van der Waals surface area contributed by atoms with Crippen LogP contribution in [0.5, 0.6) is 0 Å². The van der Waals surface area contributed by atoms with E-state index < -0.39 is 9.04 Å². The summed E-state index contributed by atoms with van der Waals surface area (Å²) in [6.45, 7) is 12.4. The number of hydrogen-bond acceptors (Lipinski definition) is 3. The van der Waals surface area contributed by atoms with E-state index in [1.165, 1.54) is 31.4 Å². The van der Waals surface area contributed by atoms with Crippen molar-refractivity contribution < 1.29 is 4.43 Å². The van der Waals surface area contributed by atoms with E-state index >= 15 is 0 Å². The van der Waals surface area contributed by atoms with Crippen molar-refractivity contribution in [2.75, 3.05) is 26.2 Å². The fraction of sp³-hybridized carbons (Fsp3) is 1.00. The molecule has 1 atom stereocenters. The molecule has 0 radical (unpaired) electrons. The molecule has 17 heavy (non-hydrogen) atoms. The van der Waals surface area contributed by atoms with Gasteiger partial charge in [-0.15, -0.1) is 0 Å². The van der Waals surface area contributed by atoms with Crippen LogP contribution < -0.4 is 11.1 Å². The number of nitrogens with one attached hydrogen (secondary N) is 1. The fourth-order valence-electron chi connectivity index (χ4n) is 1.61. The molecule has 1 rings (SSSR count). The maximum Gasteiger partial charge on any atom is 0.176 e. The Morgan fingerprint density at radius 1 is 1.12 bits per heavy atom. The van der Waals surface area contributed by atoms with Crippen molar-refractivity contribution in [1.82, 2.24) is 5.32 Å². The van der Waals surface area contributed by atoms with Crippen LogP contribution in [-0.4, -0.2) is 35.3 Å². The van der Waals surface area contributed by atoms with Gasteiger partial charge < -0.3 is 15.5 Å². The molecule has 0 saturated carbocycles. The molecule has 0 aliphatic carbocycles. The number of nitrogens with two attached hydrogens (primary N) is 1. The van der Waals surface area contributed by atoms with Gasteiger partial charge in [-0.25, -0.2) is 0 Å². The fourth-order valence-corrected chi connectivity index (χ4v) is 4.12. The van der Waals surface area contributed by atoms with Gasteiger partial charge >= 0.3 is 0 Å². The summed E-state index contributed by atoms with van der Waals surface area (Å²) in [6.07, 6.45) is 4.08. The normalized spacial score (nSPS) is 18.5. The summed E-state index contributed by atoms with van der Waals surface area (Å²) in [6, 6.07) is 2.84. The second-order valence-electron chi connectivity index (χ2n) is 4.14. The van der Waals surface area contributed by atoms with Crippen LogP contribution in [-0.2, 0) is 4.43 Å². The third-order valence-corrected chi connectivity index (χ3v) is 5.37. The zero-order valence-corrected chi connectivity index (χ0v) is 13.6. The van der Waals surface area contributed by atoms with Gasteiger partial charge in [0, 0.05) is 6.61 Å². The molecule has 106 valence electrons. The maximum absolute atomic E-state index is 5.66.